The Morgan fingerprint density at radius 2 is 1.71 bits per heavy atom. The highest BCUT2D eigenvalue weighted by molar-refractivity contribution is 7.21. The summed E-state index contributed by atoms with van der Waals surface area (Å²) in [6, 6.07) is 12.7. The van der Waals surface area contributed by atoms with Gasteiger partial charge in [-0.1, -0.05) is 0 Å². The Balaban J connectivity index is 0.000000368. The summed E-state index contributed by atoms with van der Waals surface area (Å²) in [5.74, 6) is 0. The molecule has 9 heteroatoms. The fourth-order valence-corrected chi connectivity index (χ4v) is 3.09. The molecule has 3 nitrogen and oxygen atoms in total. The fourth-order valence-electron chi connectivity index (χ4n) is 2.05. The lowest BCUT2D eigenvalue weighted by molar-refractivity contribution is 0.368. The Kier molecular flexibility index (Phi) is 5.43. The Morgan fingerprint density at radius 3 is 2.29 bits per heavy atom. The third-order valence-corrected chi connectivity index (χ3v) is 4.26. The largest absolute Gasteiger partial charge is 0.673 e. The lowest BCUT2D eigenvalue weighted by Gasteiger charge is -2.07. The van der Waals surface area contributed by atoms with Crippen LogP contribution in [0.3, 0.4) is 0 Å². The van der Waals surface area contributed by atoms with Crippen molar-refractivity contribution in [1.29, 1.82) is 0 Å². The molecule has 128 valence electrons. The van der Waals surface area contributed by atoms with Crippen molar-refractivity contribution in [3.63, 3.8) is 0 Å². The van der Waals surface area contributed by atoms with Gasteiger partial charge in [-0.25, -0.2) is 9.56 Å². The smallest absolute Gasteiger partial charge is 0.418 e. The summed E-state index contributed by atoms with van der Waals surface area (Å²) in [6.07, 6.45) is 0. The van der Waals surface area contributed by atoms with Crippen LogP contribution in [-0.2, 0) is 0 Å². The maximum absolute atomic E-state index is 9.75. The van der Waals surface area contributed by atoms with E-state index < -0.39 is 7.25 Å². The molecular weight excluding hydrogens is 341 g/mol. The Morgan fingerprint density at radius 1 is 1.04 bits per heavy atom. The lowest BCUT2D eigenvalue weighted by Crippen LogP contribution is -2.21. The molecule has 0 unspecified atom stereocenters. The summed E-state index contributed by atoms with van der Waals surface area (Å²) in [5.41, 5.74) is 3.23. The molecule has 3 rings (SSSR count). The molecule has 0 radical (unpaired) electrons. The first-order valence-electron chi connectivity index (χ1n) is 7.07. The van der Waals surface area contributed by atoms with Gasteiger partial charge < -0.3 is 22.6 Å². The van der Waals surface area contributed by atoms with Gasteiger partial charge in [0, 0.05) is 24.9 Å². The van der Waals surface area contributed by atoms with E-state index in [2.05, 4.69) is 60.4 Å². The molecule has 0 saturated carbocycles. The minimum Gasteiger partial charge on any atom is -0.418 e. The second-order valence-corrected chi connectivity index (χ2v) is 6.27. The fraction of sp³-hybridized carbons (Fsp3) is 0.200. The second-order valence-electron chi connectivity index (χ2n) is 5.19. The summed E-state index contributed by atoms with van der Waals surface area (Å²) in [7, 11) is 0.0449. The number of hydrogen-bond donors (Lipinski definition) is 1. The minimum atomic E-state index is -6.00. The van der Waals surface area contributed by atoms with Crippen molar-refractivity contribution in [2.24, 2.45) is 0 Å². The number of halogens is 4. The number of hydrogen-bond acceptors (Lipinski definition) is 3. The molecule has 1 aromatic rings. The van der Waals surface area contributed by atoms with Gasteiger partial charge in [0.15, 0.2) is 0 Å². The van der Waals surface area contributed by atoms with Gasteiger partial charge in [0.2, 0.25) is 5.36 Å². The Labute approximate surface area is 140 Å². The molecule has 0 saturated heterocycles. The minimum absolute atomic E-state index is 1.05. The van der Waals surface area contributed by atoms with Crippen molar-refractivity contribution in [3.8, 4) is 10.6 Å². The lowest BCUT2D eigenvalue weighted by atomic mass is 10.2. The molecule has 1 aromatic carbocycles. The highest BCUT2D eigenvalue weighted by Crippen LogP contribution is 2.30. The van der Waals surface area contributed by atoms with Crippen LogP contribution in [0.15, 0.2) is 36.4 Å². The van der Waals surface area contributed by atoms with E-state index in [0.717, 1.165) is 16.9 Å². The maximum atomic E-state index is 9.75. The molecule has 0 atom stereocenters. The van der Waals surface area contributed by atoms with Crippen LogP contribution in [0.4, 0.5) is 23.0 Å². The second kappa shape index (κ2) is 7.17. The predicted octanol–water partition coefficient (Wildman–Crippen LogP) is 3.77. The van der Waals surface area contributed by atoms with Crippen molar-refractivity contribution >= 4 is 34.5 Å². The van der Waals surface area contributed by atoms with Crippen LogP contribution >= 0.6 is 11.3 Å². The van der Waals surface area contributed by atoms with Crippen LogP contribution in [0.2, 0.25) is 0 Å². The van der Waals surface area contributed by atoms with Gasteiger partial charge in [-0.2, -0.15) is 0 Å². The normalized spacial score (nSPS) is 11.1. The zero-order valence-corrected chi connectivity index (χ0v) is 14.2. The van der Waals surface area contributed by atoms with E-state index in [0.29, 0.717) is 0 Å². The molecule has 0 spiro atoms. The average Bonchev–Trinajstić information content (AvgIpc) is 2.50. The number of aromatic nitrogens is 1. The SMILES string of the molecule is CNc1ccc2nc3ccc(=[N+](C)C)cc-3sc2c1.F[B-](F)(F)F. The summed E-state index contributed by atoms with van der Waals surface area (Å²) < 4.78 is 42.3. The van der Waals surface area contributed by atoms with Gasteiger partial charge in [0.25, 0.3) is 0 Å². The van der Waals surface area contributed by atoms with Gasteiger partial charge in [-0.05, 0) is 24.3 Å². The number of rotatable bonds is 1. The van der Waals surface area contributed by atoms with Crippen LogP contribution in [0.1, 0.15) is 0 Å². The summed E-state index contributed by atoms with van der Waals surface area (Å²) in [5, 5.41) is 4.37. The quantitative estimate of drug-likeness (QED) is 0.311. The first kappa shape index (κ1) is 18.2. The molecule has 2 aliphatic rings. The number of nitrogens with zero attached hydrogens (tertiary/aromatic N) is 2. The molecule has 1 heterocycles. The van der Waals surface area contributed by atoms with Gasteiger partial charge >= 0.3 is 7.25 Å². The monoisotopic (exact) mass is 357 g/mol. The highest BCUT2D eigenvalue weighted by atomic mass is 32.1. The molecule has 0 amide bonds. The molecule has 0 aromatic heterocycles. The van der Waals surface area contributed by atoms with Crippen LogP contribution in [0, 0.1) is 0 Å². The van der Waals surface area contributed by atoms with Gasteiger partial charge in [-0.3, -0.25) is 0 Å². The number of nitrogens with one attached hydrogen (secondary N) is 1. The van der Waals surface area contributed by atoms with Gasteiger partial charge in [-0.15, -0.1) is 11.3 Å². The molecule has 1 aliphatic carbocycles. The Bertz CT molecular complexity index is 882. The van der Waals surface area contributed by atoms with E-state index in [4.69, 9.17) is 4.98 Å². The van der Waals surface area contributed by atoms with E-state index in [1.54, 1.807) is 11.3 Å². The van der Waals surface area contributed by atoms with E-state index in [1.807, 2.05) is 7.05 Å². The third-order valence-electron chi connectivity index (χ3n) is 3.17. The molecule has 24 heavy (non-hydrogen) atoms. The van der Waals surface area contributed by atoms with Crippen molar-refractivity contribution < 1.29 is 17.3 Å². The molecule has 1 N–H and O–H groups in total. The van der Waals surface area contributed by atoms with E-state index in [9.17, 15) is 17.3 Å². The van der Waals surface area contributed by atoms with Crippen LogP contribution in [0.5, 0.6) is 0 Å². The van der Waals surface area contributed by atoms with Crippen molar-refractivity contribution in [2.45, 2.75) is 0 Å². The van der Waals surface area contributed by atoms with E-state index in [1.165, 1.54) is 14.9 Å². The van der Waals surface area contributed by atoms with Gasteiger partial charge in [0.05, 0.1) is 20.8 Å². The summed E-state index contributed by atoms with van der Waals surface area (Å²) in [4.78, 5) is 5.93. The van der Waals surface area contributed by atoms with Crippen molar-refractivity contribution in [3.05, 3.63) is 41.8 Å². The predicted molar refractivity (Wildman–Crippen MR) is 93.1 cm³/mol. The van der Waals surface area contributed by atoms with Crippen molar-refractivity contribution in [2.75, 3.05) is 26.5 Å². The van der Waals surface area contributed by atoms with Crippen LogP contribution in [-0.4, -0.2) is 33.4 Å². The first-order valence-corrected chi connectivity index (χ1v) is 7.89. The molecule has 1 aliphatic heterocycles. The van der Waals surface area contributed by atoms with Crippen LogP contribution in [0.25, 0.3) is 20.8 Å². The van der Waals surface area contributed by atoms with Crippen molar-refractivity contribution in [1.82, 2.24) is 9.56 Å². The highest BCUT2D eigenvalue weighted by Gasteiger charge is 2.20. The summed E-state index contributed by atoms with van der Waals surface area (Å²) >= 11 is 1.78. The molecule has 0 bridgehead atoms. The Hall–Kier alpha value is -2.16. The summed E-state index contributed by atoms with van der Waals surface area (Å²) in [6.45, 7) is 0. The van der Waals surface area contributed by atoms with Gasteiger partial charge in [0.1, 0.15) is 14.1 Å². The van der Waals surface area contributed by atoms with E-state index >= 15 is 0 Å². The number of anilines is 1. The first-order chi connectivity index (χ1) is 11.2. The van der Waals surface area contributed by atoms with Crippen LogP contribution < -0.4 is 15.2 Å². The average molecular weight is 357 g/mol. The molecule has 0 fully saturated rings. The standard InChI is InChI=1S/C15H15N3S.BF4/c1-16-10-4-6-12-14(8-10)19-15-9-11(18(2)3)5-7-13(15)17-12;2-1(3,4)5/h4-9H,1-3H3;/q;-1/p+1. The number of benzene rings is 2. The third kappa shape index (κ3) is 4.92. The zero-order valence-electron chi connectivity index (χ0n) is 13.4. The molecular formula is C15H16BF4N3S. The van der Waals surface area contributed by atoms with E-state index in [-0.39, 0.29) is 0 Å². The topological polar surface area (TPSA) is 27.9 Å². The number of fused-ring (bicyclic) bond motifs is 2. The zero-order chi connectivity index (χ0) is 17.9. The maximum Gasteiger partial charge on any atom is 0.673 e.